The van der Waals surface area contributed by atoms with Crippen molar-refractivity contribution in [3.8, 4) is 6.07 Å². The second kappa shape index (κ2) is 4.02. The molecule has 1 aromatic rings. The van der Waals surface area contributed by atoms with E-state index in [1.807, 2.05) is 0 Å². The molecule has 76 valence electrons. The molecule has 0 aliphatic rings. The number of rotatable bonds is 1. The van der Waals surface area contributed by atoms with Gasteiger partial charge in [-0.3, -0.25) is 0 Å². The molecule has 2 nitrogen and oxygen atoms in total. The lowest BCUT2D eigenvalue weighted by Crippen LogP contribution is -2.05. The largest absolute Gasteiger partial charge is 0.415 e. The van der Waals surface area contributed by atoms with Crippen molar-refractivity contribution >= 4 is 5.69 Å². The van der Waals surface area contributed by atoms with Gasteiger partial charge >= 0.3 is 6.18 Å². The van der Waals surface area contributed by atoms with Crippen LogP contribution in [0.2, 0.25) is 0 Å². The minimum atomic E-state index is -4.48. The SMILES string of the molecule is [C-]#[N+]c1cc(CC#N)cc(C(F)(F)F)c1. The molecule has 0 saturated carbocycles. The normalized spacial score (nSPS) is 10.5. The van der Waals surface area contributed by atoms with Crippen molar-refractivity contribution in [3.05, 3.63) is 40.7 Å². The highest BCUT2D eigenvalue weighted by Gasteiger charge is 2.30. The Morgan fingerprint density at radius 2 is 2.00 bits per heavy atom. The summed E-state index contributed by atoms with van der Waals surface area (Å²) in [6, 6.07) is 4.69. The molecule has 0 aliphatic heterocycles. The Morgan fingerprint density at radius 3 is 2.47 bits per heavy atom. The molecule has 0 fully saturated rings. The van der Waals surface area contributed by atoms with Crippen LogP contribution in [0.25, 0.3) is 4.85 Å². The third-order valence-electron chi connectivity index (χ3n) is 1.72. The van der Waals surface area contributed by atoms with E-state index in [1.54, 1.807) is 6.07 Å². The van der Waals surface area contributed by atoms with Crippen LogP contribution in [0.4, 0.5) is 18.9 Å². The zero-order chi connectivity index (χ0) is 11.5. The van der Waals surface area contributed by atoms with Gasteiger partial charge in [-0.05, 0) is 17.7 Å². The average Bonchev–Trinajstić information content (AvgIpc) is 2.16. The van der Waals surface area contributed by atoms with E-state index < -0.39 is 11.7 Å². The summed E-state index contributed by atoms with van der Waals surface area (Å²) >= 11 is 0. The number of halogens is 3. The van der Waals surface area contributed by atoms with Crippen LogP contribution in [0, 0.1) is 17.9 Å². The van der Waals surface area contributed by atoms with Crippen molar-refractivity contribution in [2.24, 2.45) is 0 Å². The van der Waals surface area contributed by atoms with E-state index in [0.29, 0.717) is 0 Å². The smallest absolute Gasteiger partial charge is 0.238 e. The number of nitriles is 1. The third kappa shape index (κ3) is 2.72. The van der Waals surface area contributed by atoms with Crippen LogP contribution in [-0.2, 0) is 12.6 Å². The molecule has 0 heterocycles. The predicted octanol–water partition coefficient (Wildman–Crippen LogP) is 3.32. The Kier molecular flexibility index (Phi) is 2.96. The fourth-order valence-electron chi connectivity index (χ4n) is 1.10. The van der Waals surface area contributed by atoms with Crippen molar-refractivity contribution in [1.29, 1.82) is 5.26 Å². The number of hydrogen-bond donors (Lipinski definition) is 0. The van der Waals surface area contributed by atoms with Crippen LogP contribution >= 0.6 is 0 Å². The molecule has 0 radical (unpaired) electrons. The quantitative estimate of drug-likeness (QED) is 0.653. The molecule has 0 unspecified atom stereocenters. The first kappa shape index (κ1) is 11.1. The van der Waals surface area contributed by atoms with Crippen LogP contribution in [0.15, 0.2) is 18.2 Å². The molecule has 5 heteroatoms. The summed E-state index contributed by atoms with van der Waals surface area (Å²) in [5.74, 6) is 0. The molecule has 1 aromatic carbocycles. The van der Waals surface area contributed by atoms with Gasteiger partial charge in [0.2, 0.25) is 0 Å². The van der Waals surface area contributed by atoms with Gasteiger partial charge in [-0.2, -0.15) is 18.4 Å². The lowest BCUT2D eigenvalue weighted by Gasteiger charge is -2.08. The summed E-state index contributed by atoms with van der Waals surface area (Å²) < 4.78 is 37.0. The van der Waals surface area contributed by atoms with Gasteiger partial charge in [0, 0.05) is 5.56 Å². The Hall–Kier alpha value is -2.01. The number of hydrogen-bond acceptors (Lipinski definition) is 1. The number of benzene rings is 1. The zero-order valence-electron chi connectivity index (χ0n) is 7.47. The Balaban J connectivity index is 3.26. The molecule has 0 bridgehead atoms. The molecule has 15 heavy (non-hydrogen) atoms. The molecule has 0 atom stereocenters. The van der Waals surface area contributed by atoms with Gasteiger partial charge in [0.15, 0.2) is 5.69 Å². The van der Waals surface area contributed by atoms with Crippen LogP contribution < -0.4 is 0 Å². The Labute approximate surface area is 84.4 Å². The van der Waals surface area contributed by atoms with E-state index in [1.165, 1.54) is 6.07 Å². The first-order valence-electron chi connectivity index (χ1n) is 3.93. The Morgan fingerprint density at radius 1 is 1.33 bits per heavy atom. The summed E-state index contributed by atoms with van der Waals surface area (Å²) in [5, 5.41) is 8.37. The van der Waals surface area contributed by atoms with E-state index in [2.05, 4.69) is 4.85 Å². The van der Waals surface area contributed by atoms with E-state index in [0.717, 1.165) is 12.1 Å². The van der Waals surface area contributed by atoms with Crippen molar-refractivity contribution < 1.29 is 13.2 Å². The van der Waals surface area contributed by atoms with Gasteiger partial charge < -0.3 is 0 Å². The molecule has 0 saturated heterocycles. The lowest BCUT2D eigenvalue weighted by molar-refractivity contribution is -0.137. The van der Waals surface area contributed by atoms with Crippen molar-refractivity contribution in [1.82, 2.24) is 0 Å². The fourth-order valence-corrected chi connectivity index (χ4v) is 1.10. The average molecular weight is 210 g/mol. The first-order chi connectivity index (χ1) is 6.97. The van der Waals surface area contributed by atoms with Gasteiger partial charge in [-0.25, -0.2) is 4.85 Å². The summed E-state index contributed by atoms with van der Waals surface area (Å²) in [6.45, 7) is 6.65. The van der Waals surface area contributed by atoms with Crippen molar-refractivity contribution in [2.75, 3.05) is 0 Å². The van der Waals surface area contributed by atoms with E-state index >= 15 is 0 Å². The number of alkyl halides is 3. The Bertz CT molecular complexity index is 449. The monoisotopic (exact) mass is 210 g/mol. The van der Waals surface area contributed by atoms with Gasteiger partial charge in [-0.15, -0.1) is 0 Å². The molecule has 1 rings (SSSR count). The van der Waals surface area contributed by atoms with Gasteiger partial charge in [0.1, 0.15) is 0 Å². The van der Waals surface area contributed by atoms with Crippen LogP contribution in [0.3, 0.4) is 0 Å². The van der Waals surface area contributed by atoms with Crippen molar-refractivity contribution in [3.63, 3.8) is 0 Å². The first-order valence-corrected chi connectivity index (χ1v) is 3.93. The molecular weight excluding hydrogens is 205 g/mol. The maximum atomic E-state index is 12.3. The zero-order valence-corrected chi connectivity index (χ0v) is 7.47. The minimum absolute atomic E-state index is 0.102. The molecular formula is C10H5F3N2. The maximum Gasteiger partial charge on any atom is 0.415 e. The lowest BCUT2D eigenvalue weighted by atomic mass is 10.1. The predicted molar refractivity (Wildman–Crippen MR) is 47.0 cm³/mol. The fraction of sp³-hybridized carbons (Fsp3) is 0.200. The highest BCUT2D eigenvalue weighted by Crippen LogP contribution is 2.32. The third-order valence-corrected chi connectivity index (χ3v) is 1.72. The highest BCUT2D eigenvalue weighted by molar-refractivity contribution is 5.50. The minimum Gasteiger partial charge on any atom is -0.238 e. The highest BCUT2D eigenvalue weighted by atomic mass is 19.4. The van der Waals surface area contributed by atoms with E-state index in [-0.39, 0.29) is 17.7 Å². The summed E-state index contributed by atoms with van der Waals surface area (Å²) in [6.07, 6.45) is -4.61. The standard InChI is InChI=1S/C10H5F3N2/c1-15-9-5-7(2-3-14)4-8(6-9)10(11,12)13/h4-6H,2H2. The van der Waals surface area contributed by atoms with E-state index in [9.17, 15) is 13.2 Å². The van der Waals surface area contributed by atoms with Crippen LogP contribution in [0.1, 0.15) is 11.1 Å². The summed E-state index contributed by atoms with van der Waals surface area (Å²) in [4.78, 5) is 2.93. The second-order valence-electron chi connectivity index (χ2n) is 2.83. The van der Waals surface area contributed by atoms with Crippen LogP contribution in [0.5, 0.6) is 0 Å². The van der Waals surface area contributed by atoms with Gasteiger partial charge in [0.25, 0.3) is 0 Å². The maximum absolute atomic E-state index is 12.3. The van der Waals surface area contributed by atoms with Gasteiger partial charge in [-0.1, -0.05) is 6.07 Å². The second-order valence-corrected chi connectivity index (χ2v) is 2.83. The molecule has 0 aromatic heterocycles. The molecule has 0 amide bonds. The van der Waals surface area contributed by atoms with E-state index in [4.69, 9.17) is 11.8 Å². The number of nitrogens with zero attached hydrogens (tertiary/aromatic N) is 2. The topological polar surface area (TPSA) is 28.1 Å². The molecule has 0 N–H and O–H groups in total. The van der Waals surface area contributed by atoms with Crippen molar-refractivity contribution in [2.45, 2.75) is 12.6 Å². The van der Waals surface area contributed by atoms with Crippen LogP contribution in [-0.4, -0.2) is 0 Å². The summed E-state index contributed by atoms with van der Waals surface area (Å²) in [7, 11) is 0. The van der Waals surface area contributed by atoms with Gasteiger partial charge in [0.05, 0.1) is 19.1 Å². The molecule has 0 spiro atoms. The molecule has 0 aliphatic carbocycles. The summed E-state index contributed by atoms with van der Waals surface area (Å²) in [5.41, 5.74) is -0.783.